The molecule has 16 heteroatoms. The van der Waals surface area contributed by atoms with Crippen molar-refractivity contribution in [3.8, 4) is 11.4 Å². The zero-order valence-electron chi connectivity index (χ0n) is 23.8. The van der Waals surface area contributed by atoms with E-state index in [2.05, 4.69) is 40.4 Å². The number of rotatable bonds is 9. The van der Waals surface area contributed by atoms with Gasteiger partial charge in [-0.2, -0.15) is 0 Å². The summed E-state index contributed by atoms with van der Waals surface area (Å²) in [7, 11) is 1.57. The molecule has 3 aromatic heterocycles. The van der Waals surface area contributed by atoms with Gasteiger partial charge in [0.2, 0.25) is 0 Å². The molecule has 0 aliphatic carbocycles. The lowest BCUT2D eigenvalue weighted by Gasteiger charge is -2.47. The van der Waals surface area contributed by atoms with Crippen LogP contribution in [-0.2, 0) is 4.74 Å². The first kappa shape index (κ1) is 30.0. The summed E-state index contributed by atoms with van der Waals surface area (Å²) in [6, 6.07) is 0.139. The van der Waals surface area contributed by atoms with Gasteiger partial charge >= 0.3 is 5.97 Å². The number of aromatic nitrogens is 4. The minimum atomic E-state index is -1.08. The van der Waals surface area contributed by atoms with Gasteiger partial charge in [0.15, 0.2) is 5.13 Å². The van der Waals surface area contributed by atoms with Crippen molar-refractivity contribution < 1.29 is 19.4 Å². The third kappa shape index (κ3) is 6.17. The van der Waals surface area contributed by atoms with Crippen LogP contribution in [0.15, 0.2) is 12.4 Å². The van der Waals surface area contributed by atoms with Gasteiger partial charge < -0.3 is 30.4 Å². The summed E-state index contributed by atoms with van der Waals surface area (Å²) in [5.74, 6) is -0.816. The molecule has 13 nitrogen and oxygen atoms in total. The van der Waals surface area contributed by atoms with Crippen LogP contribution in [-0.4, -0.2) is 124 Å². The molecular weight excluding hydrogens is 617 g/mol. The van der Waals surface area contributed by atoms with Crippen LogP contribution in [0.3, 0.4) is 0 Å². The molecular formula is C27H33Cl2N9O4S. The molecule has 3 aromatic rings. The predicted octanol–water partition coefficient (Wildman–Crippen LogP) is 2.68. The summed E-state index contributed by atoms with van der Waals surface area (Å²) >= 11 is 13.4. The lowest BCUT2D eigenvalue weighted by molar-refractivity contribution is 0.0189. The predicted molar refractivity (Wildman–Crippen MR) is 165 cm³/mol. The third-order valence-electron chi connectivity index (χ3n) is 8.35. The van der Waals surface area contributed by atoms with Crippen LogP contribution in [0.2, 0.25) is 10.0 Å². The molecule has 4 saturated heterocycles. The number of hydrogen-bond acceptors (Lipinski definition) is 11. The highest BCUT2D eigenvalue weighted by atomic mass is 35.5. The number of aryl methyl sites for hydroxylation is 1. The molecule has 2 unspecified atom stereocenters. The largest absolute Gasteiger partial charge is 0.477 e. The molecule has 4 aliphatic heterocycles. The number of carbonyl (C=O) groups excluding carboxylic acids is 1. The summed E-state index contributed by atoms with van der Waals surface area (Å²) in [6.45, 7) is 8.93. The van der Waals surface area contributed by atoms with Gasteiger partial charge in [-0.3, -0.25) is 14.6 Å². The molecule has 0 aromatic carbocycles. The Morgan fingerprint density at radius 2 is 1.93 bits per heavy atom. The van der Waals surface area contributed by atoms with Crippen molar-refractivity contribution >= 4 is 57.4 Å². The van der Waals surface area contributed by atoms with Crippen LogP contribution in [0, 0.1) is 6.92 Å². The number of carbonyl (C=O) groups is 2. The monoisotopic (exact) mass is 649 g/mol. The Labute approximate surface area is 262 Å². The first-order chi connectivity index (χ1) is 20.7. The topological polar surface area (TPSA) is 152 Å². The summed E-state index contributed by atoms with van der Waals surface area (Å²) in [4.78, 5) is 48.7. The number of amides is 1. The Morgan fingerprint density at radius 3 is 2.53 bits per heavy atom. The van der Waals surface area contributed by atoms with Crippen molar-refractivity contribution in [1.29, 1.82) is 0 Å². The normalized spacial score (nSPS) is 25.1. The zero-order valence-corrected chi connectivity index (χ0v) is 26.1. The van der Waals surface area contributed by atoms with Crippen molar-refractivity contribution in [1.82, 2.24) is 35.1 Å². The SMILES string of the molecule is COC1CN(c2nc(-c3cnc(NCC4CN5CCN4CC5)cn3)c(C(=O)O)s2)CC[C@H]1NC(=O)c1[nH]c(C)c(Cl)c1Cl. The van der Waals surface area contributed by atoms with Gasteiger partial charge in [0.25, 0.3) is 5.91 Å². The van der Waals surface area contributed by atoms with Crippen molar-refractivity contribution in [2.75, 3.05) is 69.7 Å². The first-order valence-electron chi connectivity index (χ1n) is 14.1. The molecule has 3 atom stereocenters. The number of thiazole rings is 1. The molecule has 7 heterocycles. The smallest absolute Gasteiger partial charge is 0.348 e. The average molecular weight is 651 g/mol. The number of anilines is 2. The van der Waals surface area contributed by atoms with Crippen molar-refractivity contribution in [2.45, 2.75) is 31.5 Å². The van der Waals surface area contributed by atoms with E-state index in [1.54, 1.807) is 26.4 Å². The van der Waals surface area contributed by atoms with E-state index in [0.29, 0.717) is 52.9 Å². The van der Waals surface area contributed by atoms with Crippen LogP contribution < -0.4 is 15.5 Å². The van der Waals surface area contributed by atoms with Crippen LogP contribution in [0.25, 0.3) is 11.4 Å². The van der Waals surface area contributed by atoms with Gasteiger partial charge in [0, 0.05) is 71.2 Å². The Balaban J connectivity index is 1.12. The molecule has 0 spiro atoms. The van der Waals surface area contributed by atoms with E-state index in [1.807, 2.05) is 4.90 Å². The molecule has 4 N–H and O–H groups in total. The highest BCUT2D eigenvalue weighted by Crippen LogP contribution is 2.34. The van der Waals surface area contributed by atoms with E-state index >= 15 is 0 Å². The maximum absolute atomic E-state index is 12.9. The number of ether oxygens (including phenoxy) is 1. The number of H-pyrrole nitrogens is 1. The molecule has 4 fully saturated rings. The number of carboxylic acids is 1. The lowest BCUT2D eigenvalue weighted by atomic mass is 10.0. The zero-order chi connectivity index (χ0) is 30.2. The van der Waals surface area contributed by atoms with E-state index in [9.17, 15) is 14.7 Å². The standard InChI is InChI=1S/C27H33Cl2N9O4S/c1-14-20(28)21(29)23(33-14)25(39)34-16-3-4-38(13-18(16)42-2)27-35-22(24(43-27)26(40)41)17-10-32-19(11-30-17)31-9-15-12-36-5-7-37(15)8-6-36/h10-11,15-16,18,33H,3-9,12-13H2,1-2H3,(H,31,32)(H,34,39)(H,40,41)/t15?,16-,18?/m1/s1. The number of halogens is 2. The second-order valence-electron chi connectivity index (χ2n) is 11.0. The maximum atomic E-state index is 12.9. The number of fused-ring (bicyclic) bond motifs is 3. The molecule has 0 radical (unpaired) electrons. The Hall–Kier alpha value is -3.01. The molecule has 7 rings (SSSR count). The summed E-state index contributed by atoms with van der Waals surface area (Å²) < 4.78 is 5.72. The van der Waals surface area contributed by atoms with E-state index in [0.717, 1.165) is 50.6 Å². The fourth-order valence-electron chi connectivity index (χ4n) is 5.91. The number of nitrogens with one attached hydrogen (secondary N) is 3. The highest BCUT2D eigenvalue weighted by Gasteiger charge is 2.34. The van der Waals surface area contributed by atoms with Gasteiger partial charge in [-0.05, 0) is 13.3 Å². The minimum absolute atomic E-state index is 0.0862. The Morgan fingerprint density at radius 1 is 1.14 bits per heavy atom. The second-order valence-corrected chi connectivity index (χ2v) is 12.7. The van der Waals surface area contributed by atoms with Crippen LogP contribution in [0.1, 0.15) is 32.3 Å². The number of methoxy groups -OCH3 is 1. The highest BCUT2D eigenvalue weighted by molar-refractivity contribution is 7.17. The quantitative estimate of drug-likeness (QED) is 0.271. The number of piperazine rings is 3. The minimum Gasteiger partial charge on any atom is -0.477 e. The lowest BCUT2D eigenvalue weighted by Crippen LogP contribution is -2.62. The average Bonchev–Trinajstić information content (AvgIpc) is 3.59. The van der Waals surface area contributed by atoms with E-state index < -0.39 is 5.97 Å². The van der Waals surface area contributed by atoms with Crippen LogP contribution in [0.4, 0.5) is 10.9 Å². The van der Waals surface area contributed by atoms with Gasteiger partial charge in [-0.25, -0.2) is 19.7 Å². The molecule has 1 amide bonds. The number of hydrogen-bond donors (Lipinski definition) is 4. The number of aromatic amines is 1. The first-order valence-corrected chi connectivity index (χ1v) is 15.7. The van der Waals surface area contributed by atoms with Crippen molar-refractivity contribution in [3.63, 3.8) is 0 Å². The number of nitrogens with zero attached hydrogens (tertiary/aromatic N) is 6. The van der Waals surface area contributed by atoms with Gasteiger partial charge in [-0.1, -0.05) is 34.5 Å². The van der Waals surface area contributed by atoms with Crippen LogP contribution in [0.5, 0.6) is 0 Å². The van der Waals surface area contributed by atoms with E-state index in [4.69, 9.17) is 27.9 Å². The van der Waals surface area contributed by atoms with Gasteiger partial charge in [0.05, 0.1) is 34.6 Å². The fraction of sp³-hybridized carbons (Fsp3) is 0.519. The van der Waals surface area contributed by atoms with E-state index in [1.165, 1.54) is 0 Å². The molecule has 230 valence electrons. The number of piperidine rings is 1. The summed E-state index contributed by atoms with van der Waals surface area (Å²) in [5.41, 5.74) is 1.48. The molecule has 0 saturated carbocycles. The maximum Gasteiger partial charge on any atom is 0.348 e. The number of carboxylic acid groups (broad SMARTS) is 1. The molecule has 4 aliphatic rings. The summed E-state index contributed by atoms with van der Waals surface area (Å²) in [5, 5.41) is 17.3. The van der Waals surface area contributed by atoms with E-state index in [-0.39, 0.29) is 39.3 Å². The van der Waals surface area contributed by atoms with Crippen molar-refractivity contribution in [3.05, 3.63) is 38.7 Å². The summed E-state index contributed by atoms with van der Waals surface area (Å²) in [6.07, 6.45) is 3.35. The van der Waals surface area contributed by atoms with Crippen molar-refractivity contribution in [2.24, 2.45) is 0 Å². The number of aromatic carboxylic acids is 1. The second kappa shape index (κ2) is 12.5. The Kier molecular flexibility index (Phi) is 8.76. The van der Waals surface area contributed by atoms with Crippen LogP contribution >= 0.6 is 34.5 Å². The molecule has 2 bridgehead atoms. The van der Waals surface area contributed by atoms with Gasteiger partial charge in [-0.15, -0.1) is 0 Å². The fourth-order valence-corrected chi connectivity index (χ4v) is 7.27. The third-order valence-corrected chi connectivity index (χ3v) is 10.4. The van der Waals surface area contributed by atoms with Gasteiger partial charge in [0.1, 0.15) is 27.8 Å². The molecule has 43 heavy (non-hydrogen) atoms. The Bertz CT molecular complexity index is 1490.